The van der Waals surface area contributed by atoms with E-state index < -0.39 is 0 Å². The SMILES string of the molecule is Nc1nc(C2CC2)ncc1-c1noc(C2CCNc3ccccc32)n1. The number of nitrogens with one attached hydrogen (secondary N) is 1. The van der Waals surface area contributed by atoms with Crippen molar-refractivity contribution in [3.05, 3.63) is 47.7 Å². The van der Waals surface area contributed by atoms with Crippen LogP contribution in [0.4, 0.5) is 11.5 Å². The molecule has 126 valence electrons. The Labute approximate surface area is 144 Å². The fourth-order valence-corrected chi connectivity index (χ4v) is 3.33. The van der Waals surface area contributed by atoms with Gasteiger partial charge in [-0.1, -0.05) is 23.4 Å². The molecule has 1 atom stereocenters. The first kappa shape index (κ1) is 14.4. The van der Waals surface area contributed by atoms with E-state index in [9.17, 15) is 0 Å². The number of nitrogens with two attached hydrogens (primary N) is 1. The number of hydrogen-bond acceptors (Lipinski definition) is 7. The van der Waals surface area contributed by atoms with E-state index in [2.05, 4.69) is 37.6 Å². The van der Waals surface area contributed by atoms with Crippen LogP contribution in [0.1, 0.15) is 48.4 Å². The van der Waals surface area contributed by atoms with Crippen molar-refractivity contribution in [2.24, 2.45) is 0 Å². The van der Waals surface area contributed by atoms with Crippen LogP contribution < -0.4 is 11.1 Å². The van der Waals surface area contributed by atoms with Crippen LogP contribution in [0.5, 0.6) is 0 Å². The molecule has 0 bridgehead atoms. The third-order valence-corrected chi connectivity index (χ3v) is 4.84. The first-order valence-corrected chi connectivity index (χ1v) is 8.59. The molecule has 7 heteroatoms. The van der Waals surface area contributed by atoms with Gasteiger partial charge in [0.25, 0.3) is 0 Å². The van der Waals surface area contributed by atoms with Crippen LogP contribution >= 0.6 is 0 Å². The summed E-state index contributed by atoms with van der Waals surface area (Å²) in [6.07, 6.45) is 4.90. The van der Waals surface area contributed by atoms with E-state index in [4.69, 9.17) is 10.3 Å². The second kappa shape index (κ2) is 5.54. The summed E-state index contributed by atoms with van der Waals surface area (Å²) in [5.74, 6) is 2.84. The van der Waals surface area contributed by atoms with Crippen LogP contribution in [0, 0.1) is 0 Å². The highest BCUT2D eigenvalue weighted by Crippen LogP contribution is 2.39. The third kappa shape index (κ3) is 2.52. The van der Waals surface area contributed by atoms with Gasteiger partial charge in [0.15, 0.2) is 0 Å². The van der Waals surface area contributed by atoms with Crippen LogP contribution in [0.25, 0.3) is 11.4 Å². The second-order valence-corrected chi connectivity index (χ2v) is 6.61. The van der Waals surface area contributed by atoms with Crippen molar-refractivity contribution in [1.82, 2.24) is 20.1 Å². The lowest BCUT2D eigenvalue weighted by Gasteiger charge is -2.23. The van der Waals surface area contributed by atoms with Gasteiger partial charge >= 0.3 is 0 Å². The van der Waals surface area contributed by atoms with E-state index in [0.717, 1.165) is 37.3 Å². The number of benzene rings is 1. The summed E-state index contributed by atoms with van der Waals surface area (Å²) in [6, 6.07) is 8.21. The first-order chi connectivity index (χ1) is 12.3. The van der Waals surface area contributed by atoms with Crippen molar-refractivity contribution in [3.8, 4) is 11.4 Å². The number of hydrogen-bond donors (Lipinski definition) is 2. The number of nitrogen functional groups attached to an aromatic ring is 1. The Balaban J connectivity index is 1.48. The molecule has 3 aromatic rings. The maximum absolute atomic E-state index is 6.10. The molecule has 1 fully saturated rings. The van der Waals surface area contributed by atoms with Gasteiger partial charge in [-0.05, 0) is 30.9 Å². The number of para-hydroxylation sites is 1. The number of nitrogens with zero attached hydrogens (tertiary/aromatic N) is 4. The first-order valence-electron chi connectivity index (χ1n) is 8.59. The van der Waals surface area contributed by atoms with Gasteiger partial charge in [0.2, 0.25) is 11.7 Å². The fraction of sp³-hybridized carbons (Fsp3) is 0.333. The summed E-state index contributed by atoms with van der Waals surface area (Å²) in [7, 11) is 0. The molecule has 3 heterocycles. The summed E-state index contributed by atoms with van der Waals surface area (Å²) in [4.78, 5) is 13.4. The van der Waals surface area contributed by atoms with Crippen molar-refractivity contribution in [2.45, 2.75) is 31.1 Å². The smallest absolute Gasteiger partial charge is 0.234 e. The van der Waals surface area contributed by atoms with Crippen molar-refractivity contribution < 1.29 is 4.52 Å². The maximum atomic E-state index is 6.10. The highest BCUT2D eigenvalue weighted by Gasteiger charge is 2.29. The standard InChI is InChI=1S/C18H18N6O/c19-15-13(9-21-16(22-15)10-5-6-10)17-23-18(25-24-17)12-7-8-20-14-4-2-1-3-11(12)14/h1-4,9-10,12,20H,5-8H2,(H2,19,21,22). The average molecular weight is 334 g/mol. The summed E-state index contributed by atoms with van der Waals surface area (Å²) >= 11 is 0. The molecule has 1 saturated carbocycles. The molecule has 5 rings (SSSR count). The van der Waals surface area contributed by atoms with E-state index in [1.54, 1.807) is 6.20 Å². The topological polar surface area (TPSA) is 103 Å². The largest absolute Gasteiger partial charge is 0.385 e. The van der Waals surface area contributed by atoms with Gasteiger partial charge in [-0.2, -0.15) is 4.98 Å². The van der Waals surface area contributed by atoms with E-state index in [1.807, 2.05) is 12.1 Å². The predicted molar refractivity (Wildman–Crippen MR) is 93.1 cm³/mol. The molecule has 1 unspecified atom stereocenters. The summed E-state index contributed by atoms with van der Waals surface area (Å²) in [6.45, 7) is 0.876. The Morgan fingerprint density at radius 2 is 2.00 bits per heavy atom. The highest BCUT2D eigenvalue weighted by molar-refractivity contribution is 5.67. The van der Waals surface area contributed by atoms with Crippen LogP contribution in [0.15, 0.2) is 35.0 Å². The van der Waals surface area contributed by atoms with Crippen molar-refractivity contribution >= 4 is 11.5 Å². The van der Waals surface area contributed by atoms with Gasteiger partial charge in [0.05, 0.1) is 11.5 Å². The minimum absolute atomic E-state index is 0.0894. The lowest BCUT2D eigenvalue weighted by atomic mass is 9.91. The third-order valence-electron chi connectivity index (χ3n) is 4.84. The summed E-state index contributed by atoms with van der Waals surface area (Å²) in [5, 5.41) is 7.52. The quantitative estimate of drug-likeness (QED) is 0.759. The minimum Gasteiger partial charge on any atom is -0.385 e. The van der Waals surface area contributed by atoms with E-state index in [1.165, 1.54) is 5.56 Å². The van der Waals surface area contributed by atoms with Crippen LogP contribution in [0.2, 0.25) is 0 Å². The van der Waals surface area contributed by atoms with Crippen LogP contribution in [-0.2, 0) is 0 Å². The predicted octanol–water partition coefficient (Wildman–Crippen LogP) is 2.93. The number of aromatic nitrogens is 4. The van der Waals surface area contributed by atoms with Gasteiger partial charge in [0, 0.05) is 24.3 Å². The molecule has 2 aliphatic rings. The highest BCUT2D eigenvalue weighted by atomic mass is 16.5. The van der Waals surface area contributed by atoms with Gasteiger partial charge in [0.1, 0.15) is 11.6 Å². The molecule has 7 nitrogen and oxygen atoms in total. The Kier molecular flexibility index (Phi) is 3.19. The van der Waals surface area contributed by atoms with E-state index in [-0.39, 0.29) is 5.92 Å². The van der Waals surface area contributed by atoms with E-state index in [0.29, 0.717) is 29.0 Å². The molecule has 0 amide bonds. The molecule has 0 radical (unpaired) electrons. The maximum Gasteiger partial charge on any atom is 0.234 e. The Hall–Kier alpha value is -2.96. The molecule has 0 spiro atoms. The zero-order valence-electron chi connectivity index (χ0n) is 13.6. The molecule has 2 aromatic heterocycles. The molecule has 1 aliphatic carbocycles. The molecular weight excluding hydrogens is 316 g/mol. The molecule has 3 N–H and O–H groups in total. The molecular formula is C18H18N6O. The van der Waals surface area contributed by atoms with Gasteiger partial charge in [-0.3, -0.25) is 0 Å². The van der Waals surface area contributed by atoms with Gasteiger partial charge < -0.3 is 15.6 Å². The Morgan fingerprint density at radius 1 is 1.12 bits per heavy atom. The summed E-state index contributed by atoms with van der Waals surface area (Å²) in [5.41, 5.74) is 9.03. The van der Waals surface area contributed by atoms with Gasteiger partial charge in [-0.25, -0.2) is 9.97 Å². The molecule has 1 aliphatic heterocycles. The summed E-state index contributed by atoms with van der Waals surface area (Å²) < 4.78 is 5.56. The van der Waals surface area contributed by atoms with Gasteiger partial charge in [-0.15, -0.1) is 0 Å². The zero-order chi connectivity index (χ0) is 16.8. The minimum atomic E-state index is 0.0894. The van der Waals surface area contributed by atoms with Crippen LogP contribution in [0.3, 0.4) is 0 Å². The number of rotatable bonds is 3. The zero-order valence-corrected chi connectivity index (χ0v) is 13.6. The number of fused-ring (bicyclic) bond motifs is 1. The van der Waals surface area contributed by atoms with Crippen LogP contribution in [-0.4, -0.2) is 26.7 Å². The molecule has 0 saturated heterocycles. The normalized spacial score (nSPS) is 19.3. The van der Waals surface area contributed by atoms with Crippen molar-refractivity contribution in [1.29, 1.82) is 0 Å². The monoisotopic (exact) mass is 334 g/mol. The molecule has 25 heavy (non-hydrogen) atoms. The lowest BCUT2D eigenvalue weighted by molar-refractivity contribution is 0.361. The fourth-order valence-electron chi connectivity index (χ4n) is 3.33. The average Bonchev–Trinajstić information content (AvgIpc) is 3.39. The Bertz CT molecular complexity index is 933. The number of anilines is 2. The Morgan fingerprint density at radius 3 is 2.84 bits per heavy atom. The molecule has 1 aromatic carbocycles. The second-order valence-electron chi connectivity index (χ2n) is 6.61. The van der Waals surface area contributed by atoms with E-state index >= 15 is 0 Å². The van der Waals surface area contributed by atoms with Crippen molar-refractivity contribution in [3.63, 3.8) is 0 Å². The lowest BCUT2D eigenvalue weighted by Crippen LogP contribution is -2.17. The van der Waals surface area contributed by atoms with Crippen molar-refractivity contribution in [2.75, 3.05) is 17.6 Å².